The number of nitrogens with zero attached hydrogens (tertiary/aromatic N) is 2. The van der Waals surface area contributed by atoms with E-state index in [4.69, 9.17) is 0 Å². The molecular formula is C27H53N2+. The topological polar surface area (TPSA) is 8.81 Å². The van der Waals surface area contributed by atoms with E-state index < -0.39 is 0 Å². The largest absolute Gasteiger partial charge is 0.256 e. The second-order valence-corrected chi connectivity index (χ2v) is 9.46. The van der Waals surface area contributed by atoms with Crippen LogP contribution in [-0.4, -0.2) is 4.57 Å². The zero-order chi connectivity index (χ0) is 21.2. The lowest BCUT2D eigenvalue weighted by atomic mass is 10.0. The Morgan fingerprint density at radius 2 is 1.10 bits per heavy atom. The molecule has 0 aliphatic rings. The van der Waals surface area contributed by atoms with Crippen LogP contribution in [0.2, 0.25) is 0 Å². The summed E-state index contributed by atoms with van der Waals surface area (Å²) in [6.07, 6.45) is 30.0. The van der Waals surface area contributed by atoms with Crippen LogP contribution in [0.5, 0.6) is 0 Å². The van der Waals surface area contributed by atoms with Crippen LogP contribution in [0.1, 0.15) is 149 Å². The number of rotatable bonds is 20. The summed E-state index contributed by atoms with van der Waals surface area (Å²) in [5.74, 6) is 1.54. The second kappa shape index (κ2) is 18.0. The van der Waals surface area contributed by atoms with Crippen LogP contribution in [0.4, 0.5) is 0 Å². The zero-order valence-electron chi connectivity index (χ0n) is 20.6. The summed E-state index contributed by atoms with van der Waals surface area (Å²) in [4.78, 5) is 0. The Morgan fingerprint density at radius 3 is 1.55 bits per heavy atom. The van der Waals surface area contributed by atoms with Gasteiger partial charge in [0.2, 0.25) is 0 Å². The molecule has 0 aliphatic heterocycles. The van der Waals surface area contributed by atoms with Crippen molar-refractivity contribution in [2.24, 2.45) is 0 Å². The summed E-state index contributed by atoms with van der Waals surface area (Å²) < 4.78 is 4.99. The first-order valence-corrected chi connectivity index (χ1v) is 13.3. The summed E-state index contributed by atoms with van der Waals surface area (Å²) in [5, 5.41) is 0. The average Bonchev–Trinajstić information content (AvgIpc) is 3.12. The van der Waals surface area contributed by atoms with Gasteiger partial charge in [-0.15, -0.1) is 0 Å². The Labute approximate surface area is 183 Å². The van der Waals surface area contributed by atoms with Gasteiger partial charge in [0.05, 0.1) is 12.6 Å². The average molecular weight is 406 g/mol. The number of unbranched alkanes of at least 4 members (excludes halogenated alkanes) is 15. The normalized spacial score (nSPS) is 11.6. The fourth-order valence-electron chi connectivity index (χ4n) is 4.40. The molecule has 0 radical (unpaired) electrons. The maximum atomic E-state index is 2.51. The Bertz CT molecular complexity index is 475. The third-order valence-electron chi connectivity index (χ3n) is 6.35. The predicted octanol–water partition coefficient (Wildman–Crippen LogP) is 8.57. The van der Waals surface area contributed by atoms with E-state index in [-0.39, 0.29) is 0 Å². The van der Waals surface area contributed by atoms with Crippen molar-refractivity contribution in [1.29, 1.82) is 0 Å². The van der Waals surface area contributed by atoms with E-state index in [0.29, 0.717) is 6.04 Å². The van der Waals surface area contributed by atoms with Crippen molar-refractivity contribution < 1.29 is 4.57 Å². The van der Waals surface area contributed by atoms with Gasteiger partial charge in [0, 0.05) is 6.42 Å². The standard InChI is InChI=1S/C27H53N2/c1-5-7-9-10-11-12-13-14-15-16-17-18-19-20-21-22-27-28(23-8-6-2)24-25-29(27)26(3)4/h24-26H,5-23H2,1-4H3/q+1. The van der Waals surface area contributed by atoms with E-state index in [1.807, 2.05) is 0 Å². The minimum Gasteiger partial charge on any atom is -0.234 e. The van der Waals surface area contributed by atoms with E-state index in [1.54, 1.807) is 5.82 Å². The molecule has 0 saturated heterocycles. The molecule has 1 rings (SSSR count). The number of aromatic nitrogens is 2. The highest BCUT2D eigenvalue weighted by atomic mass is 15.2. The summed E-state index contributed by atoms with van der Waals surface area (Å²) in [6.45, 7) is 10.4. The first kappa shape index (κ1) is 26.2. The molecule has 1 aromatic heterocycles. The highest BCUT2D eigenvalue weighted by molar-refractivity contribution is 4.85. The van der Waals surface area contributed by atoms with Crippen LogP contribution in [-0.2, 0) is 13.0 Å². The number of imidazole rings is 1. The van der Waals surface area contributed by atoms with Gasteiger partial charge in [0.25, 0.3) is 5.82 Å². The van der Waals surface area contributed by atoms with Crippen LogP contribution < -0.4 is 4.57 Å². The molecule has 29 heavy (non-hydrogen) atoms. The maximum absolute atomic E-state index is 2.51. The minimum absolute atomic E-state index is 0.573. The third kappa shape index (κ3) is 12.5. The van der Waals surface area contributed by atoms with Gasteiger partial charge in [-0.25, -0.2) is 9.13 Å². The highest BCUT2D eigenvalue weighted by Gasteiger charge is 2.18. The van der Waals surface area contributed by atoms with E-state index >= 15 is 0 Å². The monoisotopic (exact) mass is 405 g/mol. The fraction of sp³-hybridized carbons (Fsp3) is 0.889. The summed E-state index contributed by atoms with van der Waals surface area (Å²) in [6, 6.07) is 0.573. The SMILES string of the molecule is CCCCCCCCCCCCCCCCCc1n(CCCC)cc[n+]1C(C)C. The van der Waals surface area contributed by atoms with Gasteiger partial charge in [-0.2, -0.15) is 0 Å². The van der Waals surface area contributed by atoms with E-state index in [0.717, 1.165) is 0 Å². The van der Waals surface area contributed by atoms with Crippen molar-refractivity contribution in [3.63, 3.8) is 0 Å². The third-order valence-corrected chi connectivity index (χ3v) is 6.35. The van der Waals surface area contributed by atoms with Gasteiger partial charge in [-0.3, -0.25) is 0 Å². The number of hydrogen-bond acceptors (Lipinski definition) is 0. The lowest BCUT2D eigenvalue weighted by Gasteiger charge is -2.08. The Balaban J connectivity index is 2.01. The van der Waals surface area contributed by atoms with Gasteiger partial charge in [0.1, 0.15) is 12.4 Å². The maximum Gasteiger partial charge on any atom is 0.256 e. The molecular weight excluding hydrogens is 352 g/mol. The lowest BCUT2D eigenvalue weighted by molar-refractivity contribution is -0.722. The molecule has 1 aromatic rings. The van der Waals surface area contributed by atoms with Crippen LogP contribution in [0.15, 0.2) is 12.4 Å². The summed E-state index contributed by atoms with van der Waals surface area (Å²) >= 11 is 0. The smallest absolute Gasteiger partial charge is 0.234 e. The molecule has 0 aliphatic carbocycles. The molecule has 0 atom stereocenters. The summed E-state index contributed by atoms with van der Waals surface area (Å²) in [5.41, 5.74) is 0. The molecule has 2 nitrogen and oxygen atoms in total. The van der Waals surface area contributed by atoms with Crippen LogP contribution in [0.25, 0.3) is 0 Å². The van der Waals surface area contributed by atoms with Crippen molar-refractivity contribution in [2.45, 2.75) is 156 Å². The Morgan fingerprint density at radius 1 is 0.655 bits per heavy atom. The first-order valence-electron chi connectivity index (χ1n) is 13.3. The molecule has 0 fully saturated rings. The van der Waals surface area contributed by atoms with Crippen LogP contribution in [0, 0.1) is 0 Å². The van der Waals surface area contributed by atoms with E-state index in [1.165, 1.54) is 122 Å². The van der Waals surface area contributed by atoms with Crippen molar-refractivity contribution in [1.82, 2.24) is 4.57 Å². The highest BCUT2D eigenvalue weighted by Crippen LogP contribution is 2.14. The molecule has 1 heterocycles. The Hall–Kier alpha value is -0.790. The molecule has 0 aromatic carbocycles. The van der Waals surface area contributed by atoms with Gasteiger partial charge < -0.3 is 0 Å². The van der Waals surface area contributed by atoms with Crippen molar-refractivity contribution in [3.8, 4) is 0 Å². The number of aryl methyl sites for hydroxylation is 1. The second-order valence-electron chi connectivity index (χ2n) is 9.46. The van der Waals surface area contributed by atoms with Gasteiger partial charge in [0.15, 0.2) is 0 Å². The van der Waals surface area contributed by atoms with Crippen LogP contribution in [0.3, 0.4) is 0 Å². The lowest BCUT2D eigenvalue weighted by Crippen LogP contribution is -2.39. The fourth-order valence-corrected chi connectivity index (χ4v) is 4.40. The van der Waals surface area contributed by atoms with Crippen molar-refractivity contribution in [3.05, 3.63) is 18.2 Å². The zero-order valence-corrected chi connectivity index (χ0v) is 20.6. The molecule has 0 spiro atoms. The van der Waals surface area contributed by atoms with E-state index in [9.17, 15) is 0 Å². The molecule has 0 unspecified atom stereocenters. The predicted molar refractivity (Wildman–Crippen MR) is 129 cm³/mol. The van der Waals surface area contributed by atoms with E-state index in [2.05, 4.69) is 49.2 Å². The van der Waals surface area contributed by atoms with Gasteiger partial charge in [-0.1, -0.05) is 110 Å². The summed E-state index contributed by atoms with van der Waals surface area (Å²) in [7, 11) is 0. The molecule has 0 N–H and O–H groups in total. The minimum atomic E-state index is 0.573. The molecule has 2 heteroatoms. The molecule has 0 amide bonds. The first-order chi connectivity index (χ1) is 14.2. The van der Waals surface area contributed by atoms with Crippen molar-refractivity contribution in [2.75, 3.05) is 0 Å². The molecule has 0 saturated carbocycles. The quantitative estimate of drug-likeness (QED) is 0.152. The molecule has 170 valence electrons. The Kier molecular flexibility index (Phi) is 16.3. The molecule has 0 bridgehead atoms. The van der Waals surface area contributed by atoms with Crippen LogP contribution >= 0.6 is 0 Å². The van der Waals surface area contributed by atoms with Gasteiger partial charge in [-0.05, 0) is 26.7 Å². The van der Waals surface area contributed by atoms with Gasteiger partial charge >= 0.3 is 0 Å². The number of hydrogen-bond donors (Lipinski definition) is 0. The van der Waals surface area contributed by atoms with Crippen molar-refractivity contribution >= 4 is 0 Å².